The average molecular weight is 379 g/mol. The molecule has 4 rings (SSSR count). The molecule has 0 aliphatic rings. The summed E-state index contributed by atoms with van der Waals surface area (Å²) < 4.78 is 6.79. The summed E-state index contributed by atoms with van der Waals surface area (Å²) >= 11 is 0. The van der Waals surface area contributed by atoms with Crippen LogP contribution in [0.2, 0.25) is 0 Å². The Morgan fingerprint density at radius 3 is 2.39 bits per heavy atom. The van der Waals surface area contributed by atoms with Crippen molar-refractivity contribution in [1.82, 2.24) is 23.1 Å². The van der Waals surface area contributed by atoms with E-state index in [0.717, 1.165) is 30.8 Å². The Kier molecular flexibility index (Phi) is 4.45. The van der Waals surface area contributed by atoms with Crippen LogP contribution >= 0.6 is 0 Å². The van der Waals surface area contributed by atoms with Crippen molar-refractivity contribution in [3.63, 3.8) is 0 Å². The maximum Gasteiger partial charge on any atom is 0.332 e. The van der Waals surface area contributed by atoms with Crippen LogP contribution in [0.5, 0.6) is 0 Å². The van der Waals surface area contributed by atoms with Crippen LogP contribution in [-0.2, 0) is 26.6 Å². The lowest BCUT2D eigenvalue weighted by molar-refractivity contribution is 0.572. The van der Waals surface area contributed by atoms with Crippen LogP contribution in [0.3, 0.4) is 0 Å². The zero-order chi connectivity index (χ0) is 20.0. The van der Waals surface area contributed by atoms with Crippen molar-refractivity contribution in [1.29, 1.82) is 0 Å². The minimum absolute atomic E-state index is 0.269. The Labute approximate surface area is 162 Å². The van der Waals surface area contributed by atoms with Gasteiger partial charge in [-0.15, -0.1) is 0 Å². The van der Waals surface area contributed by atoms with E-state index in [9.17, 15) is 9.59 Å². The van der Waals surface area contributed by atoms with Crippen molar-refractivity contribution >= 4 is 16.9 Å². The van der Waals surface area contributed by atoms with E-state index in [4.69, 9.17) is 0 Å². The van der Waals surface area contributed by atoms with Crippen molar-refractivity contribution in [2.75, 3.05) is 0 Å². The van der Waals surface area contributed by atoms with Gasteiger partial charge >= 0.3 is 5.69 Å². The molecule has 146 valence electrons. The molecule has 0 radical (unpaired) electrons. The van der Waals surface area contributed by atoms with Crippen LogP contribution < -0.4 is 11.2 Å². The van der Waals surface area contributed by atoms with Gasteiger partial charge in [0.2, 0.25) is 5.78 Å². The van der Waals surface area contributed by atoms with E-state index >= 15 is 0 Å². The second kappa shape index (κ2) is 6.82. The van der Waals surface area contributed by atoms with Gasteiger partial charge < -0.3 is 4.57 Å². The Balaban J connectivity index is 1.85. The molecule has 7 nitrogen and oxygen atoms in total. The standard InChI is InChI=1S/C21H25N5O2/c1-5-24-14(2)15(3)26-17-18(22-20(24)26)23(4)21(28)25(19(17)27)13-9-12-16-10-7-6-8-11-16/h6-8,10-11H,5,9,12-13H2,1-4H3. The lowest BCUT2D eigenvalue weighted by Crippen LogP contribution is -2.39. The molecule has 0 N–H and O–H groups in total. The maximum absolute atomic E-state index is 13.3. The lowest BCUT2D eigenvalue weighted by Gasteiger charge is -2.08. The minimum Gasteiger partial charge on any atom is -0.314 e. The minimum atomic E-state index is -0.316. The van der Waals surface area contributed by atoms with Crippen molar-refractivity contribution in [3.8, 4) is 0 Å². The molecule has 4 aromatic rings. The Morgan fingerprint density at radius 2 is 1.71 bits per heavy atom. The average Bonchev–Trinajstić information content (AvgIpc) is 3.19. The van der Waals surface area contributed by atoms with E-state index in [-0.39, 0.29) is 11.2 Å². The molecule has 0 aliphatic heterocycles. The normalized spacial score (nSPS) is 11.7. The van der Waals surface area contributed by atoms with Gasteiger partial charge in [-0.3, -0.25) is 18.3 Å². The summed E-state index contributed by atoms with van der Waals surface area (Å²) in [6.45, 7) is 7.20. The number of rotatable bonds is 5. The number of aryl methyl sites for hydroxylation is 4. The van der Waals surface area contributed by atoms with Gasteiger partial charge in [0.15, 0.2) is 11.2 Å². The zero-order valence-electron chi connectivity index (χ0n) is 16.8. The second-order valence-corrected chi connectivity index (χ2v) is 7.22. The Hall–Kier alpha value is -3.09. The molecule has 0 bridgehead atoms. The highest BCUT2D eigenvalue weighted by Crippen LogP contribution is 2.20. The fourth-order valence-electron chi connectivity index (χ4n) is 3.98. The van der Waals surface area contributed by atoms with Crippen molar-refractivity contribution in [3.05, 3.63) is 68.1 Å². The van der Waals surface area contributed by atoms with Crippen LogP contribution in [-0.4, -0.2) is 23.1 Å². The summed E-state index contributed by atoms with van der Waals surface area (Å²) in [4.78, 5) is 30.7. The fraction of sp³-hybridized carbons (Fsp3) is 0.381. The molecule has 0 atom stereocenters. The molecule has 3 heterocycles. The molecule has 7 heteroatoms. The van der Waals surface area contributed by atoms with Gasteiger partial charge in [0.1, 0.15) is 0 Å². The van der Waals surface area contributed by atoms with Crippen LogP contribution in [0.15, 0.2) is 39.9 Å². The molecular weight excluding hydrogens is 354 g/mol. The second-order valence-electron chi connectivity index (χ2n) is 7.22. The van der Waals surface area contributed by atoms with E-state index in [1.807, 2.05) is 43.4 Å². The summed E-state index contributed by atoms with van der Waals surface area (Å²) in [6.07, 6.45) is 1.54. The molecule has 0 amide bonds. The molecule has 0 fully saturated rings. The number of hydrogen-bond donors (Lipinski definition) is 0. The fourth-order valence-corrected chi connectivity index (χ4v) is 3.98. The summed E-state index contributed by atoms with van der Waals surface area (Å²) in [5.74, 6) is 0.710. The van der Waals surface area contributed by atoms with Gasteiger partial charge in [0.25, 0.3) is 5.56 Å². The topological polar surface area (TPSA) is 66.2 Å². The first-order valence-corrected chi connectivity index (χ1v) is 9.67. The van der Waals surface area contributed by atoms with Gasteiger partial charge in [-0.2, -0.15) is 4.98 Å². The third kappa shape index (κ3) is 2.61. The Morgan fingerprint density at radius 1 is 1.00 bits per heavy atom. The lowest BCUT2D eigenvalue weighted by atomic mass is 10.1. The SMILES string of the molecule is CCn1c(C)c(C)n2c3c(=O)n(CCCc4ccccc4)c(=O)n(C)c3nc12. The van der Waals surface area contributed by atoms with Crippen molar-refractivity contribution in [2.24, 2.45) is 7.05 Å². The van der Waals surface area contributed by atoms with E-state index in [0.29, 0.717) is 23.5 Å². The van der Waals surface area contributed by atoms with Crippen LogP contribution in [0.1, 0.15) is 30.3 Å². The summed E-state index contributed by atoms with van der Waals surface area (Å²) in [6, 6.07) is 10.1. The van der Waals surface area contributed by atoms with Gasteiger partial charge in [0, 0.05) is 31.5 Å². The zero-order valence-corrected chi connectivity index (χ0v) is 16.8. The van der Waals surface area contributed by atoms with Gasteiger partial charge in [0.05, 0.1) is 0 Å². The van der Waals surface area contributed by atoms with Crippen molar-refractivity contribution in [2.45, 2.75) is 46.7 Å². The molecule has 0 spiro atoms. The molecule has 28 heavy (non-hydrogen) atoms. The summed E-state index contributed by atoms with van der Waals surface area (Å²) in [5, 5.41) is 0. The van der Waals surface area contributed by atoms with Crippen LogP contribution in [0, 0.1) is 13.8 Å². The molecule has 0 saturated heterocycles. The first kappa shape index (κ1) is 18.3. The number of nitrogens with zero attached hydrogens (tertiary/aromatic N) is 5. The van der Waals surface area contributed by atoms with Gasteiger partial charge in [-0.1, -0.05) is 30.3 Å². The quantitative estimate of drug-likeness (QED) is 0.535. The number of benzene rings is 1. The largest absolute Gasteiger partial charge is 0.332 e. The highest BCUT2D eigenvalue weighted by molar-refractivity contribution is 5.76. The van der Waals surface area contributed by atoms with E-state index < -0.39 is 0 Å². The third-order valence-corrected chi connectivity index (χ3v) is 5.64. The number of aromatic nitrogens is 5. The summed E-state index contributed by atoms with van der Waals surface area (Å²) in [5.41, 5.74) is 3.59. The van der Waals surface area contributed by atoms with E-state index in [2.05, 4.69) is 21.7 Å². The first-order chi connectivity index (χ1) is 13.5. The predicted molar refractivity (Wildman–Crippen MR) is 110 cm³/mol. The van der Waals surface area contributed by atoms with Gasteiger partial charge in [-0.25, -0.2) is 4.79 Å². The molecular formula is C21H25N5O2. The van der Waals surface area contributed by atoms with E-state index in [1.54, 1.807) is 7.05 Å². The molecule has 0 unspecified atom stereocenters. The highest BCUT2D eigenvalue weighted by Gasteiger charge is 2.21. The maximum atomic E-state index is 13.3. The number of fused-ring (bicyclic) bond motifs is 3. The van der Waals surface area contributed by atoms with Gasteiger partial charge in [-0.05, 0) is 39.2 Å². The first-order valence-electron chi connectivity index (χ1n) is 9.67. The van der Waals surface area contributed by atoms with Crippen molar-refractivity contribution < 1.29 is 0 Å². The predicted octanol–water partition coefficient (Wildman–Crippen LogP) is 2.42. The highest BCUT2D eigenvalue weighted by atomic mass is 16.2. The Bertz CT molecular complexity index is 1290. The van der Waals surface area contributed by atoms with E-state index in [1.165, 1.54) is 14.7 Å². The monoisotopic (exact) mass is 379 g/mol. The van der Waals surface area contributed by atoms with Crippen LogP contribution in [0.25, 0.3) is 16.9 Å². The molecule has 3 aromatic heterocycles. The number of imidazole rings is 2. The molecule has 0 aliphatic carbocycles. The third-order valence-electron chi connectivity index (χ3n) is 5.64. The number of hydrogen-bond acceptors (Lipinski definition) is 3. The smallest absolute Gasteiger partial charge is 0.314 e. The van der Waals surface area contributed by atoms with Crippen LogP contribution in [0.4, 0.5) is 0 Å². The summed E-state index contributed by atoms with van der Waals surface area (Å²) in [7, 11) is 1.68. The molecule has 1 aromatic carbocycles. The molecule has 0 saturated carbocycles.